The van der Waals surface area contributed by atoms with E-state index in [0.717, 1.165) is 31.6 Å². The third-order valence-electron chi connectivity index (χ3n) is 4.37. The lowest BCUT2D eigenvalue weighted by Gasteiger charge is -2.23. The predicted octanol–water partition coefficient (Wildman–Crippen LogP) is 4.31. The molecule has 0 unspecified atom stereocenters. The Balaban J connectivity index is 1.97. The van der Waals surface area contributed by atoms with Gasteiger partial charge in [0.2, 0.25) is 0 Å². The van der Waals surface area contributed by atoms with E-state index < -0.39 is 10.0 Å². The average molecular weight is 459 g/mol. The molecule has 0 aliphatic carbocycles. The summed E-state index contributed by atoms with van der Waals surface area (Å²) in [5, 5.41) is 6.97. The number of benzene rings is 2. The molecule has 0 atom stereocenters. The van der Waals surface area contributed by atoms with Crippen LogP contribution in [0, 0.1) is 0 Å². The Morgan fingerprint density at radius 2 is 1.79 bits per heavy atom. The first-order valence-electron chi connectivity index (χ1n) is 8.66. The van der Waals surface area contributed by atoms with E-state index in [-0.39, 0.29) is 15.6 Å². The lowest BCUT2D eigenvalue weighted by atomic mass is 10.2. The first kappa shape index (κ1) is 21.0. The van der Waals surface area contributed by atoms with Gasteiger partial charge in [0, 0.05) is 25.2 Å². The van der Waals surface area contributed by atoms with Gasteiger partial charge in [0.15, 0.2) is 5.11 Å². The van der Waals surface area contributed by atoms with Gasteiger partial charge in [-0.05, 0) is 61.5 Å². The molecule has 1 heterocycles. The van der Waals surface area contributed by atoms with E-state index in [4.69, 9.17) is 35.4 Å². The van der Waals surface area contributed by atoms with Crippen LogP contribution >= 0.6 is 35.4 Å². The lowest BCUT2D eigenvalue weighted by Crippen LogP contribution is -2.27. The lowest BCUT2D eigenvalue weighted by molar-refractivity contribution is 0.601. The summed E-state index contributed by atoms with van der Waals surface area (Å²) < 4.78 is 28.3. The largest absolute Gasteiger partial charge is 0.370 e. The molecule has 6 nitrogen and oxygen atoms in total. The van der Waals surface area contributed by atoms with E-state index in [0.29, 0.717) is 15.8 Å². The van der Waals surface area contributed by atoms with Crippen LogP contribution in [-0.4, -0.2) is 33.7 Å². The minimum atomic E-state index is -3.87. The Bertz CT molecular complexity index is 993. The van der Waals surface area contributed by atoms with Gasteiger partial charge >= 0.3 is 0 Å². The van der Waals surface area contributed by atoms with Crippen molar-refractivity contribution in [3.05, 3.63) is 46.4 Å². The van der Waals surface area contributed by atoms with E-state index in [1.165, 1.54) is 12.1 Å². The fraction of sp³-hybridized carbons (Fsp3) is 0.278. The van der Waals surface area contributed by atoms with E-state index in [1.54, 1.807) is 31.3 Å². The summed E-state index contributed by atoms with van der Waals surface area (Å²) in [6.45, 7) is 1.84. The molecule has 0 spiro atoms. The van der Waals surface area contributed by atoms with Crippen LogP contribution in [0.2, 0.25) is 10.0 Å². The van der Waals surface area contributed by atoms with E-state index in [2.05, 4.69) is 20.3 Å². The van der Waals surface area contributed by atoms with Crippen molar-refractivity contribution in [3.8, 4) is 0 Å². The van der Waals surface area contributed by atoms with Gasteiger partial charge in [-0.3, -0.25) is 4.72 Å². The summed E-state index contributed by atoms with van der Waals surface area (Å²) in [6, 6.07) is 9.53. The number of halogens is 2. The monoisotopic (exact) mass is 458 g/mol. The predicted molar refractivity (Wildman–Crippen MR) is 120 cm³/mol. The van der Waals surface area contributed by atoms with Crippen molar-refractivity contribution in [3.63, 3.8) is 0 Å². The van der Waals surface area contributed by atoms with Crippen LogP contribution < -0.4 is 20.3 Å². The van der Waals surface area contributed by atoms with E-state index >= 15 is 0 Å². The third-order valence-corrected chi connectivity index (χ3v) is 6.61. The second kappa shape index (κ2) is 8.73. The van der Waals surface area contributed by atoms with Gasteiger partial charge < -0.3 is 15.5 Å². The zero-order valence-electron chi connectivity index (χ0n) is 15.1. The molecule has 1 fully saturated rings. The fourth-order valence-corrected chi connectivity index (χ4v) is 4.58. The first-order valence-corrected chi connectivity index (χ1v) is 11.3. The van der Waals surface area contributed by atoms with Crippen molar-refractivity contribution in [1.82, 2.24) is 5.32 Å². The minimum absolute atomic E-state index is 0.0906. The van der Waals surface area contributed by atoms with Crippen LogP contribution in [0.5, 0.6) is 0 Å². The van der Waals surface area contributed by atoms with Crippen LogP contribution in [0.25, 0.3) is 0 Å². The molecule has 1 aliphatic heterocycles. The molecule has 0 amide bonds. The molecule has 0 saturated carbocycles. The van der Waals surface area contributed by atoms with Crippen LogP contribution in [0.1, 0.15) is 12.8 Å². The Labute approximate surface area is 180 Å². The highest BCUT2D eigenvalue weighted by Gasteiger charge is 2.21. The molecule has 3 rings (SSSR count). The number of hydrogen-bond acceptors (Lipinski definition) is 4. The standard InChI is InChI=1S/C18H20Cl2N4O2S2/c1-21-18(27)22-16-11-13(5-7-17(16)24-8-2-3-9-24)28(25,26)23-15-10-12(19)4-6-14(15)20/h4-7,10-11,23H,2-3,8-9H2,1H3,(H2,21,22,27). The maximum Gasteiger partial charge on any atom is 0.262 e. The van der Waals surface area contributed by atoms with Crippen molar-refractivity contribution < 1.29 is 8.42 Å². The van der Waals surface area contributed by atoms with Gasteiger partial charge in [0.1, 0.15) is 0 Å². The zero-order valence-corrected chi connectivity index (χ0v) is 18.3. The van der Waals surface area contributed by atoms with Crippen molar-refractivity contribution in [2.45, 2.75) is 17.7 Å². The zero-order chi connectivity index (χ0) is 20.3. The Kier molecular flexibility index (Phi) is 6.54. The molecule has 28 heavy (non-hydrogen) atoms. The molecule has 0 bridgehead atoms. The quantitative estimate of drug-likeness (QED) is 0.579. The smallest absolute Gasteiger partial charge is 0.262 e. The second-order valence-corrected chi connectivity index (χ2v) is 9.24. The van der Waals surface area contributed by atoms with Gasteiger partial charge in [-0.15, -0.1) is 0 Å². The Morgan fingerprint density at radius 3 is 2.46 bits per heavy atom. The topological polar surface area (TPSA) is 73.5 Å². The van der Waals surface area contributed by atoms with Crippen molar-refractivity contribution in [2.24, 2.45) is 0 Å². The molecular formula is C18H20Cl2N4O2S2. The molecule has 2 aromatic carbocycles. The van der Waals surface area contributed by atoms with Gasteiger partial charge in [-0.2, -0.15) is 0 Å². The Hall–Kier alpha value is -1.74. The first-order chi connectivity index (χ1) is 13.3. The molecule has 0 radical (unpaired) electrons. The molecule has 1 saturated heterocycles. The van der Waals surface area contributed by atoms with Crippen LogP contribution in [0.15, 0.2) is 41.3 Å². The number of nitrogens with zero attached hydrogens (tertiary/aromatic N) is 1. The summed E-state index contributed by atoms with van der Waals surface area (Å²) in [5.41, 5.74) is 1.76. The van der Waals surface area contributed by atoms with E-state index in [1.807, 2.05) is 0 Å². The molecule has 10 heteroatoms. The number of sulfonamides is 1. The number of nitrogens with one attached hydrogen (secondary N) is 3. The average Bonchev–Trinajstić information content (AvgIpc) is 3.19. The maximum atomic E-state index is 12.9. The van der Waals surface area contributed by atoms with E-state index in [9.17, 15) is 8.42 Å². The van der Waals surface area contributed by atoms with Crippen LogP contribution in [0.3, 0.4) is 0 Å². The highest BCUT2D eigenvalue weighted by atomic mass is 35.5. The fourth-order valence-electron chi connectivity index (χ4n) is 2.98. The summed E-state index contributed by atoms with van der Waals surface area (Å²) >= 11 is 17.3. The summed E-state index contributed by atoms with van der Waals surface area (Å²) in [6.07, 6.45) is 2.20. The van der Waals surface area contributed by atoms with Crippen molar-refractivity contribution >= 4 is 67.6 Å². The summed E-state index contributed by atoms with van der Waals surface area (Å²) in [5.74, 6) is 0. The molecular weight excluding hydrogens is 439 g/mol. The van der Waals surface area contributed by atoms with Crippen LogP contribution in [0.4, 0.5) is 17.1 Å². The van der Waals surface area contributed by atoms with Crippen molar-refractivity contribution in [1.29, 1.82) is 0 Å². The van der Waals surface area contributed by atoms with Gasteiger partial charge in [0.25, 0.3) is 10.0 Å². The highest BCUT2D eigenvalue weighted by Crippen LogP contribution is 2.33. The third kappa shape index (κ3) is 4.81. The number of rotatable bonds is 5. The van der Waals surface area contributed by atoms with Gasteiger partial charge in [-0.25, -0.2) is 8.42 Å². The molecule has 150 valence electrons. The number of thiocarbonyl (C=S) groups is 1. The molecule has 3 N–H and O–H groups in total. The van der Waals surface area contributed by atoms with Crippen LogP contribution in [-0.2, 0) is 10.0 Å². The normalized spacial score (nSPS) is 14.0. The minimum Gasteiger partial charge on any atom is -0.370 e. The molecule has 1 aliphatic rings. The summed E-state index contributed by atoms with van der Waals surface area (Å²) in [7, 11) is -2.17. The Morgan fingerprint density at radius 1 is 1.07 bits per heavy atom. The summed E-state index contributed by atoms with van der Waals surface area (Å²) in [4.78, 5) is 2.30. The van der Waals surface area contributed by atoms with Crippen molar-refractivity contribution in [2.75, 3.05) is 35.1 Å². The number of anilines is 3. The SMILES string of the molecule is CNC(=S)Nc1cc(S(=O)(=O)Nc2cc(Cl)ccc2Cl)ccc1N1CCCC1. The number of hydrogen-bond donors (Lipinski definition) is 3. The van der Waals surface area contributed by atoms with Gasteiger partial charge in [-0.1, -0.05) is 23.2 Å². The van der Waals surface area contributed by atoms with Gasteiger partial charge in [0.05, 0.1) is 27.0 Å². The second-order valence-electron chi connectivity index (χ2n) is 6.31. The molecule has 0 aromatic heterocycles. The maximum absolute atomic E-state index is 12.9. The molecule has 2 aromatic rings. The highest BCUT2D eigenvalue weighted by molar-refractivity contribution is 7.92.